The summed E-state index contributed by atoms with van der Waals surface area (Å²) in [4.78, 5) is 64.3. The highest BCUT2D eigenvalue weighted by Gasteiger charge is 2.48. The molecule has 4 amide bonds. The van der Waals surface area contributed by atoms with Gasteiger partial charge in [-0.3, -0.25) is 34.2 Å². The number of nitrogens with zero attached hydrogens (tertiary/aromatic N) is 2. The molecule has 0 aliphatic carbocycles. The largest absolute Gasteiger partial charge is 0.488 e. The first-order chi connectivity index (χ1) is 13.5. The van der Waals surface area contributed by atoms with Crippen molar-refractivity contribution >= 4 is 35.1 Å². The number of ether oxygens (including phenoxy) is 1. The van der Waals surface area contributed by atoms with Gasteiger partial charge in [0.1, 0.15) is 18.4 Å². The second-order valence-corrected chi connectivity index (χ2v) is 7.43. The van der Waals surface area contributed by atoms with E-state index in [0.29, 0.717) is 30.8 Å². The second kappa shape index (κ2) is 5.88. The highest BCUT2D eigenvalue weighted by molar-refractivity contribution is 6.25. The molecular weight excluding hydrogens is 366 g/mol. The summed E-state index contributed by atoms with van der Waals surface area (Å²) in [6, 6.07) is 2.22. The quantitative estimate of drug-likeness (QED) is 0.680. The number of Topliss-reactive ketones (excluding diaryl/α,β-unsaturated/α-hetero) is 1. The van der Waals surface area contributed by atoms with Crippen LogP contribution in [0.25, 0.3) is 0 Å². The zero-order valence-electron chi connectivity index (χ0n) is 14.9. The van der Waals surface area contributed by atoms with Gasteiger partial charge in [0.05, 0.1) is 22.9 Å². The van der Waals surface area contributed by atoms with E-state index in [9.17, 15) is 24.0 Å². The van der Waals surface area contributed by atoms with E-state index >= 15 is 0 Å². The van der Waals surface area contributed by atoms with Crippen LogP contribution in [0.15, 0.2) is 12.1 Å². The van der Waals surface area contributed by atoms with Crippen LogP contribution in [0, 0.1) is 0 Å². The Kier molecular flexibility index (Phi) is 3.55. The zero-order valence-corrected chi connectivity index (χ0v) is 14.9. The number of fused-ring (bicyclic) bond motifs is 5. The number of rotatable bonds is 1. The molecule has 28 heavy (non-hydrogen) atoms. The van der Waals surface area contributed by atoms with Crippen molar-refractivity contribution in [3.05, 3.63) is 23.3 Å². The molecule has 5 rings (SSSR count). The molecule has 4 aliphatic rings. The van der Waals surface area contributed by atoms with Crippen LogP contribution in [0.4, 0.5) is 5.69 Å². The molecule has 9 nitrogen and oxygen atoms in total. The van der Waals surface area contributed by atoms with Gasteiger partial charge in [-0.15, -0.1) is 0 Å². The monoisotopic (exact) mass is 383 g/mol. The van der Waals surface area contributed by atoms with E-state index in [-0.39, 0.29) is 42.4 Å². The molecule has 0 bridgehead atoms. The molecule has 0 aromatic heterocycles. The number of anilines is 1. The molecule has 2 fully saturated rings. The Hall–Kier alpha value is -3.23. The van der Waals surface area contributed by atoms with Crippen LogP contribution in [0.1, 0.15) is 46.4 Å². The topological polar surface area (TPSA) is 113 Å². The molecule has 4 aliphatic heterocycles. The predicted molar refractivity (Wildman–Crippen MR) is 94.0 cm³/mol. The third-order valence-corrected chi connectivity index (χ3v) is 5.81. The third-order valence-electron chi connectivity index (χ3n) is 5.81. The van der Waals surface area contributed by atoms with Gasteiger partial charge in [0.15, 0.2) is 5.75 Å². The van der Waals surface area contributed by atoms with E-state index in [1.54, 1.807) is 12.1 Å². The smallest absolute Gasteiger partial charge is 0.266 e. The summed E-state index contributed by atoms with van der Waals surface area (Å²) in [7, 11) is 0. The molecule has 0 saturated carbocycles. The van der Waals surface area contributed by atoms with E-state index in [2.05, 4.69) is 5.32 Å². The molecule has 2 atom stereocenters. The normalized spacial score (nSPS) is 26.5. The average molecular weight is 383 g/mol. The molecule has 0 radical (unpaired) electrons. The Morgan fingerprint density at radius 1 is 1.04 bits per heavy atom. The van der Waals surface area contributed by atoms with Crippen molar-refractivity contribution < 1.29 is 28.7 Å². The lowest BCUT2D eigenvalue weighted by molar-refractivity contribution is -0.136. The van der Waals surface area contributed by atoms with Crippen LogP contribution >= 0.6 is 0 Å². The number of benzene rings is 1. The van der Waals surface area contributed by atoms with Crippen molar-refractivity contribution in [2.75, 3.05) is 18.1 Å². The van der Waals surface area contributed by atoms with Gasteiger partial charge in [0.25, 0.3) is 11.8 Å². The first kappa shape index (κ1) is 16.9. The minimum absolute atomic E-state index is 0.0713. The third kappa shape index (κ3) is 2.28. The lowest BCUT2D eigenvalue weighted by Crippen LogP contribution is -2.54. The number of hydrogen-bond acceptors (Lipinski definition) is 7. The van der Waals surface area contributed by atoms with Crippen LogP contribution in [-0.2, 0) is 14.4 Å². The Labute approximate surface area is 159 Å². The van der Waals surface area contributed by atoms with Crippen molar-refractivity contribution in [1.29, 1.82) is 0 Å². The van der Waals surface area contributed by atoms with Gasteiger partial charge < -0.3 is 9.64 Å². The number of amides is 4. The van der Waals surface area contributed by atoms with E-state index in [1.807, 2.05) is 4.90 Å². The van der Waals surface area contributed by atoms with Crippen LogP contribution in [0.2, 0.25) is 0 Å². The maximum atomic E-state index is 13.1. The average Bonchev–Trinajstić information content (AvgIpc) is 2.92. The Morgan fingerprint density at radius 2 is 1.86 bits per heavy atom. The maximum Gasteiger partial charge on any atom is 0.266 e. The van der Waals surface area contributed by atoms with Gasteiger partial charge in [-0.2, -0.15) is 0 Å². The minimum Gasteiger partial charge on any atom is -0.488 e. The summed E-state index contributed by atoms with van der Waals surface area (Å²) >= 11 is 0. The first-order valence-corrected chi connectivity index (χ1v) is 9.25. The van der Waals surface area contributed by atoms with Gasteiger partial charge in [-0.25, -0.2) is 0 Å². The van der Waals surface area contributed by atoms with Gasteiger partial charge in [0, 0.05) is 25.8 Å². The zero-order chi connectivity index (χ0) is 19.6. The first-order valence-electron chi connectivity index (χ1n) is 9.25. The molecule has 4 heterocycles. The highest BCUT2D eigenvalue weighted by Crippen LogP contribution is 2.44. The predicted octanol–water partition coefficient (Wildman–Crippen LogP) is 0.0181. The number of piperidine rings is 2. The molecular formula is C19H17N3O6. The fraction of sp³-hybridized carbons (Fsp3) is 0.421. The van der Waals surface area contributed by atoms with Crippen molar-refractivity contribution in [2.24, 2.45) is 0 Å². The van der Waals surface area contributed by atoms with Gasteiger partial charge in [-0.05, 0) is 18.6 Å². The Bertz CT molecular complexity index is 971. The summed E-state index contributed by atoms with van der Waals surface area (Å²) in [5.41, 5.74) is 1.04. The van der Waals surface area contributed by atoms with Crippen LogP contribution in [-0.4, -0.2) is 59.5 Å². The van der Waals surface area contributed by atoms with E-state index in [0.717, 1.165) is 4.90 Å². The molecule has 2 saturated heterocycles. The number of nitrogens with one attached hydrogen (secondary N) is 1. The Balaban J connectivity index is 1.53. The minimum atomic E-state index is -1.01. The van der Waals surface area contributed by atoms with Crippen molar-refractivity contribution in [3.8, 4) is 5.75 Å². The van der Waals surface area contributed by atoms with Crippen LogP contribution in [0.3, 0.4) is 0 Å². The van der Waals surface area contributed by atoms with Crippen LogP contribution < -0.4 is 15.0 Å². The summed E-state index contributed by atoms with van der Waals surface area (Å²) in [5, 5.41) is 2.18. The van der Waals surface area contributed by atoms with Gasteiger partial charge in [-0.1, -0.05) is 0 Å². The van der Waals surface area contributed by atoms with Crippen molar-refractivity contribution in [2.45, 2.75) is 37.8 Å². The Morgan fingerprint density at radius 3 is 2.64 bits per heavy atom. The standard InChI is InChI=1S/C19H17N3O6/c23-10-5-6-21-9(7-10)8-28-16-12(21)2-1-11-15(16)19(27)22(18(11)26)13-3-4-14(24)20-17(13)25/h1-2,9,13H,3-8H2,(H,20,24,25). The van der Waals surface area contributed by atoms with Gasteiger partial charge in [0.2, 0.25) is 11.8 Å². The number of carbonyl (C=O) groups excluding carboxylic acids is 5. The molecule has 1 aromatic rings. The lowest BCUT2D eigenvalue weighted by Gasteiger charge is -2.41. The number of hydrogen-bond donors (Lipinski definition) is 1. The summed E-state index contributed by atoms with van der Waals surface area (Å²) in [6.07, 6.45) is 1.01. The van der Waals surface area contributed by atoms with Crippen molar-refractivity contribution in [1.82, 2.24) is 10.2 Å². The molecule has 9 heteroatoms. The summed E-state index contributed by atoms with van der Waals surface area (Å²) in [5.74, 6) is -1.69. The van der Waals surface area contributed by atoms with E-state index in [4.69, 9.17) is 4.74 Å². The lowest BCUT2D eigenvalue weighted by atomic mass is 9.97. The number of carbonyl (C=O) groups is 5. The van der Waals surface area contributed by atoms with Gasteiger partial charge >= 0.3 is 0 Å². The summed E-state index contributed by atoms with van der Waals surface area (Å²) < 4.78 is 5.83. The number of ketones is 1. The molecule has 1 aromatic carbocycles. The molecule has 2 unspecified atom stereocenters. The molecule has 1 N–H and O–H groups in total. The fourth-order valence-corrected chi connectivity index (χ4v) is 4.44. The molecule has 0 spiro atoms. The van der Waals surface area contributed by atoms with E-state index in [1.165, 1.54) is 0 Å². The summed E-state index contributed by atoms with van der Waals surface area (Å²) in [6.45, 7) is 0.798. The molecule has 144 valence electrons. The number of imide groups is 2. The highest BCUT2D eigenvalue weighted by atomic mass is 16.5. The fourth-order valence-electron chi connectivity index (χ4n) is 4.44. The van der Waals surface area contributed by atoms with E-state index < -0.39 is 29.7 Å². The van der Waals surface area contributed by atoms with Crippen LogP contribution in [0.5, 0.6) is 5.75 Å². The SMILES string of the molecule is O=C1CCN2c3ccc4c(c3OCC2C1)C(=O)N(C1CCC(=O)NC1=O)C4=O. The second-order valence-electron chi connectivity index (χ2n) is 7.43. The van der Waals surface area contributed by atoms with Crippen molar-refractivity contribution in [3.63, 3.8) is 0 Å². The maximum absolute atomic E-state index is 13.1.